The van der Waals surface area contributed by atoms with E-state index in [-0.39, 0.29) is 0 Å². The molecule has 0 spiro atoms. The molecule has 1 aromatic carbocycles. The summed E-state index contributed by atoms with van der Waals surface area (Å²) in [7, 11) is 0. The van der Waals surface area contributed by atoms with Gasteiger partial charge in [0.25, 0.3) is 0 Å². The van der Waals surface area contributed by atoms with Crippen molar-refractivity contribution in [3.8, 4) is 16.5 Å². The van der Waals surface area contributed by atoms with Gasteiger partial charge in [-0.05, 0) is 31.3 Å². The number of nitrogens with zero attached hydrogens (tertiary/aromatic N) is 2. The van der Waals surface area contributed by atoms with E-state index < -0.39 is 0 Å². The third-order valence-electron chi connectivity index (χ3n) is 2.67. The van der Waals surface area contributed by atoms with Gasteiger partial charge in [0.15, 0.2) is 5.82 Å². The monoisotopic (exact) mass is 304 g/mol. The maximum absolute atomic E-state index is 5.69. The number of aromatic nitrogens is 4. The predicted molar refractivity (Wildman–Crippen MR) is 80.4 cm³/mol. The van der Waals surface area contributed by atoms with E-state index in [9.17, 15) is 0 Å². The quantitative estimate of drug-likeness (QED) is 0.724. The third kappa shape index (κ3) is 2.94. The Kier molecular flexibility index (Phi) is 3.62. The van der Waals surface area contributed by atoms with E-state index in [0.717, 1.165) is 15.6 Å². The van der Waals surface area contributed by atoms with Crippen LogP contribution in [-0.2, 0) is 6.61 Å². The Labute approximate surface area is 124 Å². The highest BCUT2D eigenvalue weighted by Gasteiger charge is 2.07. The number of hydrogen-bond donors (Lipinski definition) is 2. The van der Waals surface area contributed by atoms with E-state index in [0.29, 0.717) is 17.2 Å². The Morgan fingerprint density at radius 1 is 1.25 bits per heavy atom. The van der Waals surface area contributed by atoms with Gasteiger partial charge in [0.2, 0.25) is 4.77 Å². The molecule has 102 valence electrons. The fraction of sp³-hybridized carbons (Fsp3) is 0.154. The minimum absolute atomic E-state index is 0.436. The molecule has 0 amide bonds. The van der Waals surface area contributed by atoms with E-state index >= 15 is 0 Å². The van der Waals surface area contributed by atoms with E-state index in [1.165, 1.54) is 16.9 Å². The van der Waals surface area contributed by atoms with Crippen LogP contribution in [0.1, 0.15) is 10.6 Å². The van der Waals surface area contributed by atoms with Gasteiger partial charge in [0.1, 0.15) is 17.4 Å². The molecule has 0 aliphatic rings. The predicted octanol–water partition coefficient (Wildman–Crippen LogP) is 3.48. The standard InChI is InChI=1S/C13H12N4OS2/c1-8-2-4-9(5-3-8)18-7-11-14-6-10(20-11)12-15-13(19)17-16-12/h2-6H,7H2,1H3,(H2,15,16,17,19). The number of benzene rings is 1. The van der Waals surface area contributed by atoms with Crippen LogP contribution in [-0.4, -0.2) is 20.2 Å². The molecule has 0 aliphatic heterocycles. The summed E-state index contributed by atoms with van der Waals surface area (Å²) in [4.78, 5) is 9.41. The van der Waals surface area contributed by atoms with Crippen LogP contribution in [0.5, 0.6) is 5.75 Å². The first-order valence-corrected chi connectivity index (χ1v) is 7.22. The number of H-pyrrole nitrogens is 2. The molecule has 20 heavy (non-hydrogen) atoms. The second-order valence-corrected chi connectivity index (χ2v) is 5.74. The van der Waals surface area contributed by atoms with Crippen LogP contribution in [0, 0.1) is 11.7 Å². The van der Waals surface area contributed by atoms with Gasteiger partial charge in [0.05, 0.1) is 4.88 Å². The normalized spacial score (nSPS) is 10.7. The summed E-state index contributed by atoms with van der Waals surface area (Å²) in [5.41, 5.74) is 1.21. The number of hydrogen-bond acceptors (Lipinski definition) is 5. The van der Waals surface area contributed by atoms with Gasteiger partial charge in [0, 0.05) is 6.20 Å². The first kappa shape index (κ1) is 13.0. The largest absolute Gasteiger partial charge is 0.486 e. The van der Waals surface area contributed by atoms with E-state index in [1.54, 1.807) is 6.20 Å². The minimum atomic E-state index is 0.436. The van der Waals surface area contributed by atoms with Gasteiger partial charge in [-0.15, -0.1) is 11.3 Å². The summed E-state index contributed by atoms with van der Waals surface area (Å²) in [5, 5.41) is 6.56. The lowest BCUT2D eigenvalue weighted by molar-refractivity contribution is 0.305. The van der Waals surface area contributed by atoms with Crippen molar-refractivity contribution in [2.75, 3.05) is 0 Å². The van der Waals surface area contributed by atoms with Crippen LogP contribution in [0.4, 0.5) is 0 Å². The molecule has 7 heteroatoms. The number of thiazole rings is 1. The molecule has 0 unspecified atom stereocenters. The van der Waals surface area contributed by atoms with Crippen LogP contribution in [0.15, 0.2) is 30.5 Å². The summed E-state index contributed by atoms with van der Waals surface area (Å²) in [6.45, 7) is 2.49. The molecule has 2 N–H and O–H groups in total. The van der Waals surface area contributed by atoms with Crippen molar-refractivity contribution in [1.29, 1.82) is 0 Å². The molecular formula is C13H12N4OS2. The van der Waals surface area contributed by atoms with Crippen LogP contribution < -0.4 is 4.74 Å². The van der Waals surface area contributed by atoms with Crippen molar-refractivity contribution < 1.29 is 4.74 Å². The smallest absolute Gasteiger partial charge is 0.213 e. The van der Waals surface area contributed by atoms with Crippen LogP contribution in [0.3, 0.4) is 0 Å². The average Bonchev–Trinajstić information content (AvgIpc) is 3.07. The highest BCUT2D eigenvalue weighted by Crippen LogP contribution is 2.23. The summed E-state index contributed by atoms with van der Waals surface area (Å²) in [5.74, 6) is 1.54. The average molecular weight is 304 g/mol. The number of rotatable bonds is 4. The first-order valence-electron chi connectivity index (χ1n) is 6.00. The van der Waals surface area contributed by atoms with Gasteiger partial charge < -0.3 is 4.74 Å². The highest BCUT2D eigenvalue weighted by atomic mass is 32.1. The molecule has 3 aromatic rings. The summed E-state index contributed by atoms with van der Waals surface area (Å²) in [6, 6.07) is 7.95. The van der Waals surface area contributed by atoms with Crippen molar-refractivity contribution >= 4 is 23.6 Å². The fourth-order valence-corrected chi connectivity index (χ4v) is 2.57. The van der Waals surface area contributed by atoms with Gasteiger partial charge in [-0.2, -0.15) is 4.98 Å². The summed E-state index contributed by atoms with van der Waals surface area (Å²) >= 11 is 6.45. The molecule has 2 heterocycles. The first-order chi connectivity index (χ1) is 9.70. The minimum Gasteiger partial charge on any atom is -0.486 e. The lowest BCUT2D eigenvalue weighted by Gasteiger charge is -2.03. The molecule has 0 radical (unpaired) electrons. The van der Waals surface area contributed by atoms with Crippen LogP contribution in [0.2, 0.25) is 0 Å². The van der Waals surface area contributed by atoms with Crippen molar-refractivity contribution in [3.63, 3.8) is 0 Å². The maximum Gasteiger partial charge on any atom is 0.213 e. The molecule has 0 aliphatic carbocycles. The lowest BCUT2D eigenvalue weighted by Crippen LogP contribution is -1.93. The highest BCUT2D eigenvalue weighted by molar-refractivity contribution is 7.71. The maximum atomic E-state index is 5.69. The van der Waals surface area contributed by atoms with Gasteiger partial charge >= 0.3 is 0 Å². The molecule has 2 aromatic heterocycles. The zero-order chi connectivity index (χ0) is 13.9. The SMILES string of the molecule is Cc1ccc(OCc2ncc(-c3nc(=S)[nH][nH]3)s2)cc1. The molecule has 0 atom stereocenters. The third-order valence-corrected chi connectivity index (χ3v) is 3.84. The Hall–Kier alpha value is -1.99. The number of aromatic amines is 2. The van der Waals surface area contributed by atoms with Gasteiger partial charge in [-0.25, -0.2) is 4.98 Å². The Morgan fingerprint density at radius 2 is 2.05 bits per heavy atom. The number of nitrogens with one attached hydrogen (secondary N) is 2. The van der Waals surface area contributed by atoms with Crippen molar-refractivity contribution in [2.45, 2.75) is 13.5 Å². The molecule has 5 nitrogen and oxygen atoms in total. The zero-order valence-electron chi connectivity index (χ0n) is 10.7. The van der Waals surface area contributed by atoms with Crippen LogP contribution in [0.25, 0.3) is 10.7 Å². The number of aryl methyl sites for hydroxylation is 1. The molecule has 0 bridgehead atoms. The fourth-order valence-electron chi connectivity index (χ4n) is 1.65. The molecule has 3 rings (SSSR count). The topological polar surface area (TPSA) is 66.6 Å². The van der Waals surface area contributed by atoms with E-state index in [1.807, 2.05) is 31.2 Å². The lowest BCUT2D eigenvalue weighted by atomic mass is 10.2. The Morgan fingerprint density at radius 3 is 2.75 bits per heavy atom. The van der Waals surface area contributed by atoms with Crippen molar-refractivity contribution in [1.82, 2.24) is 20.2 Å². The van der Waals surface area contributed by atoms with Gasteiger partial charge in [-0.3, -0.25) is 10.2 Å². The molecular weight excluding hydrogens is 292 g/mol. The van der Waals surface area contributed by atoms with Crippen LogP contribution >= 0.6 is 23.6 Å². The van der Waals surface area contributed by atoms with E-state index in [2.05, 4.69) is 20.2 Å². The molecule has 0 saturated heterocycles. The second kappa shape index (κ2) is 5.56. The Balaban J connectivity index is 1.68. The van der Waals surface area contributed by atoms with Gasteiger partial charge in [-0.1, -0.05) is 17.7 Å². The number of ether oxygens (including phenoxy) is 1. The van der Waals surface area contributed by atoms with Crippen molar-refractivity contribution in [3.05, 3.63) is 45.8 Å². The summed E-state index contributed by atoms with van der Waals surface area (Å²) in [6.07, 6.45) is 1.76. The Bertz CT molecular complexity index is 757. The summed E-state index contributed by atoms with van der Waals surface area (Å²) < 4.78 is 6.13. The van der Waals surface area contributed by atoms with Crippen molar-refractivity contribution in [2.24, 2.45) is 0 Å². The zero-order valence-corrected chi connectivity index (χ0v) is 12.3. The van der Waals surface area contributed by atoms with E-state index in [4.69, 9.17) is 17.0 Å². The second-order valence-electron chi connectivity index (χ2n) is 4.24. The molecule has 0 fully saturated rings. The molecule has 0 saturated carbocycles.